The van der Waals surface area contributed by atoms with E-state index in [9.17, 15) is 9.59 Å². The SMILES string of the molecule is CCOC(=O)C1=C(C)N=c2sc(=Cc3cc(Br)c(OC)c(OC)c3)c(=O)n2[C@@H]1c1ccc(Cl)cc1. The monoisotopic (exact) mass is 576 g/mol. The molecule has 0 unspecified atom stereocenters. The average molecular weight is 578 g/mol. The second-order valence-electron chi connectivity index (χ2n) is 7.59. The van der Waals surface area contributed by atoms with Crippen LogP contribution in [0.15, 0.2) is 61.9 Å². The van der Waals surface area contributed by atoms with Gasteiger partial charge in [-0.25, -0.2) is 9.79 Å². The van der Waals surface area contributed by atoms with Gasteiger partial charge in [0, 0.05) is 5.02 Å². The van der Waals surface area contributed by atoms with Crippen molar-refractivity contribution in [3.63, 3.8) is 0 Å². The summed E-state index contributed by atoms with van der Waals surface area (Å²) in [7, 11) is 3.11. The van der Waals surface area contributed by atoms with Crippen LogP contribution in [-0.4, -0.2) is 31.4 Å². The van der Waals surface area contributed by atoms with Crippen molar-refractivity contribution < 1.29 is 19.0 Å². The van der Waals surface area contributed by atoms with E-state index in [-0.39, 0.29) is 12.2 Å². The molecular weight excluding hydrogens is 556 g/mol. The molecule has 0 N–H and O–H groups in total. The van der Waals surface area contributed by atoms with Crippen LogP contribution in [0.25, 0.3) is 6.08 Å². The molecule has 1 atom stereocenters. The highest BCUT2D eigenvalue weighted by atomic mass is 79.9. The van der Waals surface area contributed by atoms with E-state index in [1.807, 2.05) is 6.07 Å². The zero-order chi connectivity index (χ0) is 25.3. The molecule has 2 aromatic carbocycles. The molecule has 10 heteroatoms. The fraction of sp³-hybridized carbons (Fsp3) is 0.240. The Morgan fingerprint density at radius 2 is 1.94 bits per heavy atom. The number of esters is 1. The molecule has 7 nitrogen and oxygen atoms in total. The first-order valence-corrected chi connectivity index (χ1v) is 12.6. The lowest BCUT2D eigenvalue weighted by Gasteiger charge is -2.24. The Kier molecular flexibility index (Phi) is 7.49. The summed E-state index contributed by atoms with van der Waals surface area (Å²) in [6.45, 7) is 3.70. The first kappa shape index (κ1) is 25.2. The quantitative estimate of drug-likeness (QED) is 0.410. The third-order valence-electron chi connectivity index (χ3n) is 5.46. The molecule has 1 aromatic heterocycles. The minimum atomic E-state index is -0.693. The largest absolute Gasteiger partial charge is 0.493 e. The third-order valence-corrected chi connectivity index (χ3v) is 7.28. The molecule has 0 saturated carbocycles. The molecule has 182 valence electrons. The second kappa shape index (κ2) is 10.4. The van der Waals surface area contributed by atoms with Crippen molar-refractivity contribution in [2.75, 3.05) is 20.8 Å². The fourth-order valence-corrected chi connectivity index (χ4v) is 5.72. The van der Waals surface area contributed by atoms with Crippen molar-refractivity contribution >= 4 is 50.9 Å². The Morgan fingerprint density at radius 1 is 1.23 bits per heavy atom. The van der Waals surface area contributed by atoms with Crippen molar-refractivity contribution in [3.05, 3.63) is 88.0 Å². The van der Waals surface area contributed by atoms with E-state index in [2.05, 4.69) is 20.9 Å². The molecule has 4 rings (SSSR count). The number of methoxy groups -OCH3 is 2. The number of halogens is 2. The van der Waals surface area contributed by atoms with Crippen LogP contribution in [-0.2, 0) is 9.53 Å². The molecular formula is C25H22BrClN2O5S. The van der Waals surface area contributed by atoms with Gasteiger partial charge in [0.05, 0.1) is 47.1 Å². The van der Waals surface area contributed by atoms with Crippen molar-refractivity contribution in [1.29, 1.82) is 0 Å². The molecule has 0 fully saturated rings. The molecule has 1 aliphatic rings. The summed E-state index contributed by atoms with van der Waals surface area (Å²) in [6.07, 6.45) is 1.76. The van der Waals surface area contributed by atoms with E-state index < -0.39 is 12.0 Å². The van der Waals surface area contributed by atoms with Crippen molar-refractivity contribution in [2.45, 2.75) is 19.9 Å². The molecule has 2 heterocycles. The highest BCUT2D eigenvalue weighted by Crippen LogP contribution is 2.36. The van der Waals surface area contributed by atoms with Gasteiger partial charge in [0.2, 0.25) is 0 Å². The molecule has 35 heavy (non-hydrogen) atoms. The van der Waals surface area contributed by atoms with Gasteiger partial charge in [-0.05, 0) is 71.2 Å². The Morgan fingerprint density at radius 3 is 2.57 bits per heavy atom. The van der Waals surface area contributed by atoms with E-state index in [0.29, 0.717) is 41.6 Å². The van der Waals surface area contributed by atoms with E-state index in [0.717, 1.165) is 11.1 Å². The standard InChI is InChI=1S/C25H22BrClN2O5S/c1-5-34-24(31)20-13(2)28-25-29(21(20)15-6-8-16(27)9-7-15)23(30)19(35-25)12-14-10-17(26)22(33-4)18(11-14)32-3/h6-12,21H,5H2,1-4H3/t21-/m1/s1. The Labute approximate surface area is 219 Å². The van der Waals surface area contributed by atoms with Gasteiger partial charge in [0.25, 0.3) is 5.56 Å². The molecule has 0 radical (unpaired) electrons. The first-order valence-electron chi connectivity index (χ1n) is 10.7. The maximum atomic E-state index is 13.7. The normalized spacial score (nSPS) is 15.5. The summed E-state index contributed by atoms with van der Waals surface area (Å²) in [4.78, 5) is 31.7. The lowest BCUT2D eigenvalue weighted by atomic mass is 9.96. The van der Waals surface area contributed by atoms with Crippen LogP contribution in [0.2, 0.25) is 5.02 Å². The highest BCUT2D eigenvalue weighted by Gasteiger charge is 2.33. The number of hydrogen-bond donors (Lipinski definition) is 0. The Balaban J connectivity index is 1.94. The maximum Gasteiger partial charge on any atom is 0.338 e. The number of nitrogens with zero attached hydrogens (tertiary/aromatic N) is 2. The highest BCUT2D eigenvalue weighted by molar-refractivity contribution is 9.10. The summed E-state index contributed by atoms with van der Waals surface area (Å²) in [5.41, 5.74) is 2.03. The molecule has 0 amide bonds. The van der Waals surface area contributed by atoms with Gasteiger partial charge in [-0.15, -0.1) is 0 Å². The third kappa shape index (κ3) is 4.80. The van der Waals surface area contributed by atoms with E-state index in [1.165, 1.54) is 15.9 Å². The second-order valence-corrected chi connectivity index (χ2v) is 9.89. The fourth-order valence-electron chi connectivity index (χ4n) is 3.92. The zero-order valence-electron chi connectivity index (χ0n) is 19.4. The number of hydrogen-bond acceptors (Lipinski definition) is 7. The number of allylic oxidation sites excluding steroid dienone is 1. The number of aromatic nitrogens is 1. The molecule has 1 aliphatic heterocycles. The number of ether oxygens (including phenoxy) is 3. The lowest BCUT2D eigenvalue weighted by molar-refractivity contribution is -0.139. The summed E-state index contributed by atoms with van der Waals surface area (Å²) in [6, 6.07) is 9.99. The number of fused-ring (bicyclic) bond motifs is 1. The van der Waals surface area contributed by atoms with Gasteiger partial charge in [-0.3, -0.25) is 9.36 Å². The van der Waals surface area contributed by atoms with Gasteiger partial charge in [0.1, 0.15) is 0 Å². The average Bonchev–Trinajstić information content (AvgIpc) is 3.12. The number of benzene rings is 2. The summed E-state index contributed by atoms with van der Waals surface area (Å²) in [5.74, 6) is 0.579. The maximum absolute atomic E-state index is 13.7. The predicted molar refractivity (Wildman–Crippen MR) is 139 cm³/mol. The van der Waals surface area contributed by atoms with Crippen LogP contribution in [0.4, 0.5) is 0 Å². The summed E-state index contributed by atoms with van der Waals surface area (Å²) < 4.78 is 18.8. The molecule has 0 bridgehead atoms. The Hall–Kier alpha value is -2.88. The van der Waals surface area contributed by atoms with Crippen LogP contribution >= 0.6 is 38.9 Å². The zero-order valence-corrected chi connectivity index (χ0v) is 22.6. The van der Waals surface area contributed by atoms with E-state index in [4.69, 9.17) is 25.8 Å². The topological polar surface area (TPSA) is 79.1 Å². The van der Waals surface area contributed by atoms with Crippen molar-refractivity contribution in [3.8, 4) is 11.5 Å². The van der Waals surface area contributed by atoms with Crippen molar-refractivity contribution in [1.82, 2.24) is 4.57 Å². The van der Waals surface area contributed by atoms with Crippen LogP contribution in [0.3, 0.4) is 0 Å². The molecule has 0 saturated heterocycles. The van der Waals surface area contributed by atoms with Crippen molar-refractivity contribution in [2.24, 2.45) is 4.99 Å². The summed E-state index contributed by atoms with van der Waals surface area (Å²) >= 11 is 10.8. The molecule has 0 spiro atoms. The van der Waals surface area contributed by atoms with Gasteiger partial charge in [-0.2, -0.15) is 0 Å². The minimum absolute atomic E-state index is 0.210. The van der Waals surface area contributed by atoms with E-state index in [1.54, 1.807) is 64.5 Å². The number of carbonyl (C=O) groups is 1. The van der Waals surface area contributed by atoms with Gasteiger partial charge >= 0.3 is 5.97 Å². The number of rotatable bonds is 6. The van der Waals surface area contributed by atoms with Crippen LogP contribution in [0, 0.1) is 0 Å². The number of carbonyl (C=O) groups excluding carboxylic acids is 1. The van der Waals surface area contributed by atoms with Crippen LogP contribution < -0.4 is 24.4 Å². The van der Waals surface area contributed by atoms with Crippen LogP contribution in [0.5, 0.6) is 11.5 Å². The predicted octanol–water partition coefficient (Wildman–Crippen LogP) is 4.23. The van der Waals surface area contributed by atoms with Crippen LogP contribution in [0.1, 0.15) is 31.0 Å². The molecule has 0 aliphatic carbocycles. The summed E-state index contributed by atoms with van der Waals surface area (Å²) in [5, 5.41) is 0.554. The smallest absolute Gasteiger partial charge is 0.338 e. The number of thiazole rings is 1. The van der Waals surface area contributed by atoms with Gasteiger partial charge < -0.3 is 14.2 Å². The van der Waals surface area contributed by atoms with Gasteiger partial charge in [0.15, 0.2) is 16.3 Å². The minimum Gasteiger partial charge on any atom is -0.493 e. The first-order chi connectivity index (χ1) is 16.8. The van der Waals surface area contributed by atoms with E-state index >= 15 is 0 Å². The Bertz CT molecular complexity index is 1510. The lowest BCUT2D eigenvalue weighted by Crippen LogP contribution is -2.39. The van der Waals surface area contributed by atoms with Gasteiger partial charge in [-0.1, -0.05) is 35.1 Å². The molecule has 3 aromatic rings.